The number of rotatable bonds is 3. The summed E-state index contributed by atoms with van der Waals surface area (Å²) in [6, 6.07) is 5.52. The first kappa shape index (κ1) is 12.2. The third kappa shape index (κ3) is 3.64. The topological polar surface area (TPSA) is 49.3 Å². The molecule has 2 N–H and O–H groups in total. The quantitative estimate of drug-likeness (QED) is 0.882. The highest BCUT2D eigenvalue weighted by molar-refractivity contribution is 9.10. The van der Waals surface area contributed by atoms with Gasteiger partial charge in [0.15, 0.2) is 0 Å². The zero-order valence-corrected chi connectivity index (χ0v) is 10.3. The van der Waals surface area contributed by atoms with Gasteiger partial charge in [-0.15, -0.1) is 0 Å². The number of aliphatic hydroxyl groups is 1. The fourth-order valence-corrected chi connectivity index (χ4v) is 1.81. The molecule has 0 saturated heterocycles. The van der Waals surface area contributed by atoms with Crippen molar-refractivity contribution in [3.8, 4) is 0 Å². The Bertz CT molecular complexity index is 364. The molecule has 0 unspecified atom stereocenters. The van der Waals surface area contributed by atoms with Crippen LogP contribution < -0.4 is 5.32 Å². The van der Waals surface area contributed by atoms with Crippen LogP contribution in [0.2, 0.25) is 0 Å². The highest BCUT2D eigenvalue weighted by atomic mass is 79.9. The summed E-state index contributed by atoms with van der Waals surface area (Å²) >= 11 is 3.33. The van der Waals surface area contributed by atoms with Crippen LogP contribution in [-0.4, -0.2) is 23.7 Å². The van der Waals surface area contributed by atoms with Crippen molar-refractivity contribution in [2.45, 2.75) is 20.0 Å². The van der Waals surface area contributed by atoms with Crippen LogP contribution in [0.15, 0.2) is 22.7 Å². The van der Waals surface area contributed by atoms with E-state index in [9.17, 15) is 4.79 Å². The molecular formula is C11H14BrNO2. The lowest BCUT2D eigenvalue weighted by atomic mass is 10.1. The fourth-order valence-electron chi connectivity index (χ4n) is 1.14. The lowest BCUT2D eigenvalue weighted by Crippen LogP contribution is -2.30. The first-order chi connectivity index (χ1) is 7.00. The third-order valence-electron chi connectivity index (χ3n) is 1.93. The molecule has 1 aromatic rings. The lowest BCUT2D eigenvalue weighted by molar-refractivity contribution is 0.0923. The van der Waals surface area contributed by atoms with E-state index in [2.05, 4.69) is 21.2 Å². The van der Waals surface area contributed by atoms with Crippen molar-refractivity contribution in [3.05, 3.63) is 33.8 Å². The van der Waals surface area contributed by atoms with Gasteiger partial charge in [-0.25, -0.2) is 0 Å². The van der Waals surface area contributed by atoms with E-state index in [4.69, 9.17) is 5.11 Å². The summed E-state index contributed by atoms with van der Waals surface area (Å²) in [5.74, 6) is -0.178. The molecule has 82 valence electrons. The molecule has 0 aromatic heterocycles. The number of nitrogens with one attached hydrogen (secondary N) is 1. The van der Waals surface area contributed by atoms with E-state index in [1.165, 1.54) is 0 Å². The maximum absolute atomic E-state index is 11.6. The van der Waals surface area contributed by atoms with Crippen molar-refractivity contribution in [3.63, 3.8) is 0 Å². The van der Waals surface area contributed by atoms with Crippen molar-refractivity contribution in [1.29, 1.82) is 0 Å². The monoisotopic (exact) mass is 271 g/mol. The number of amides is 1. The average molecular weight is 272 g/mol. The van der Waals surface area contributed by atoms with Crippen LogP contribution in [0.3, 0.4) is 0 Å². The lowest BCUT2D eigenvalue weighted by Gasteiger charge is -2.08. The number of aryl methyl sites for hydroxylation is 1. The summed E-state index contributed by atoms with van der Waals surface area (Å²) < 4.78 is 0.769. The van der Waals surface area contributed by atoms with E-state index in [0.29, 0.717) is 5.56 Å². The van der Waals surface area contributed by atoms with Crippen LogP contribution in [0, 0.1) is 6.92 Å². The zero-order chi connectivity index (χ0) is 11.4. The Morgan fingerprint density at radius 2 is 2.27 bits per heavy atom. The Labute approximate surface area is 97.6 Å². The molecule has 0 aliphatic carbocycles. The molecule has 0 aliphatic heterocycles. The van der Waals surface area contributed by atoms with E-state index in [-0.39, 0.29) is 12.5 Å². The van der Waals surface area contributed by atoms with Crippen molar-refractivity contribution in [2.75, 3.05) is 6.54 Å². The van der Waals surface area contributed by atoms with E-state index in [1.807, 2.05) is 19.1 Å². The summed E-state index contributed by atoms with van der Waals surface area (Å²) in [7, 11) is 0. The second kappa shape index (κ2) is 5.28. The summed E-state index contributed by atoms with van der Waals surface area (Å²) in [6.07, 6.45) is -0.529. The molecule has 0 aliphatic rings. The van der Waals surface area contributed by atoms with Gasteiger partial charge in [0.25, 0.3) is 5.91 Å². The highest BCUT2D eigenvalue weighted by Gasteiger charge is 2.09. The fraction of sp³-hybridized carbons (Fsp3) is 0.364. The van der Waals surface area contributed by atoms with Crippen LogP contribution in [0.1, 0.15) is 22.8 Å². The summed E-state index contributed by atoms with van der Waals surface area (Å²) in [6.45, 7) is 3.85. The Kier molecular flexibility index (Phi) is 4.29. The molecule has 0 fully saturated rings. The summed E-state index contributed by atoms with van der Waals surface area (Å²) in [4.78, 5) is 11.6. The number of benzene rings is 1. The van der Waals surface area contributed by atoms with Crippen LogP contribution in [-0.2, 0) is 0 Å². The smallest absolute Gasteiger partial charge is 0.252 e. The Balaban J connectivity index is 2.74. The normalized spacial score (nSPS) is 12.3. The molecule has 1 amide bonds. The van der Waals surface area contributed by atoms with Gasteiger partial charge in [-0.2, -0.15) is 0 Å². The van der Waals surface area contributed by atoms with Gasteiger partial charge >= 0.3 is 0 Å². The Morgan fingerprint density at radius 3 is 2.80 bits per heavy atom. The molecule has 0 bridgehead atoms. The standard InChI is InChI=1S/C11H14BrNO2/c1-7-3-4-9(10(12)5-7)11(15)13-6-8(2)14/h3-5,8,14H,6H2,1-2H3,(H,13,15)/t8-/m0/s1. The molecule has 3 nitrogen and oxygen atoms in total. The Hall–Kier alpha value is -0.870. The van der Waals surface area contributed by atoms with Crippen LogP contribution >= 0.6 is 15.9 Å². The maximum Gasteiger partial charge on any atom is 0.252 e. The first-order valence-corrected chi connectivity index (χ1v) is 5.52. The summed E-state index contributed by atoms with van der Waals surface area (Å²) in [5.41, 5.74) is 1.68. The van der Waals surface area contributed by atoms with Gasteiger partial charge in [-0.1, -0.05) is 6.07 Å². The van der Waals surface area contributed by atoms with E-state index in [1.54, 1.807) is 13.0 Å². The molecule has 4 heteroatoms. The molecule has 1 aromatic carbocycles. The van der Waals surface area contributed by atoms with Gasteiger partial charge < -0.3 is 10.4 Å². The van der Waals surface area contributed by atoms with Crippen molar-refractivity contribution < 1.29 is 9.90 Å². The minimum atomic E-state index is -0.529. The molecule has 0 radical (unpaired) electrons. The molecular weight excluding hydrogens is 258 g/mol. The number of carbonyl (C=O) groups excluding carboxylic acids is 1. The molecule has 1 rings (SSSR count). The van der Waals surface area contributed by atoms with Gasteiger partial charge in [0.2, 0.25) is 0 Å². The maximum atomic E-state index is 11.6. The molecule has 0 spiro atoms. The largest absolute Gasteiger partial charge is 0.392 e. The van der Waals surface area contributed by atoms with Crippen LogP contribution in [0.5, 0.6) is 0 Å². The van der Waals surface area contributed by atoms with Crippen LogP contribution in [0.25, 0.3) is 0 Å². The van der Waals surface area contributed by atoms with Gasteiger partial charge in [-0.05, 0) is 47.5 Å². The van der Waals surface area contributed by atoms with E-state index in [0.717, 1.165) is 10.0 Å². The third-order valence-corrected chi connectivity index (χ3v) is 2.58. The van der Waals surface area contributed by atoms with Gasteiger partial charge in [0.1, 0.15) is 0 Å². The second-order valence-corrected chi connectivity index (χ2v) is 4.40. The minimum Gasteiger partial charge on any atom is -0.392 e. The SMILES string of the molecule is Cc1ccc(C(=O)NC[C@H](C)O)c(Br)c1. The Morgan fingerprint density at radius 1 is 1.60 bits per heavy atom. The predicted molar refractivity (Wildman–Crippen MR) is 62.9 cm³/mol. The van der Waals surface area contributed by atoms with Gasteiger partial charge in [-0.3, -0.25) is 4.79 Å². The van der Waals surface area contributed by atoms with Crippen molar-refractivity contribution in [1.82, 2.24) is 5.32 Å². The molecule has 15 heavy (non-hydrogen) atoms. The molecule has 0 heterocycles. The number of hydrogen-bond acceptors (Lipinski definition) is 2. The summed E-state index contributed by atoms with van der Waals surface area (Å²) in [5, 5.41) is 11.7. The van der Waals surface area contributed by atoms with E-state index < -0.39 is 6.10 Å². The minimum absolute atomic E-state index is 0.178. The van der Waals surface area contributed by atoms with E-state index >= 15 is 0 Å². The van der Waals surface area contributed by atoms with Crippen molar-refractivity contribution in [2.24, 2.45) is 0 Å². The van der Waals surface area contributed by atoms with Crippen LogP contribution in [0.4, 0.5) is 0 Å². The van der Waals surface area contributed by atoms with Gasteiger partial charge in [0, 0.05) is 11.0 Å². The number of aliphatic hydroxyl groups excluding tert-OH is 1. The number of hydrogen-bond donors (Lipinski definition) is 2. The first-order valence-electron chi connectivity index (χ1n) is 4.73. The zero-order valence-electron chi connectivity index (χ0n) is 8.75. The predicted octanol–water partition coefficient (Wildman–Crippen LogP) is 1.87. The molecule has 1 atom stereocenters. The molecule has 0 saturated carbocycles. The van der Waals surface area contributed by atoms with Gasteiger partial charge in [0.05, 0.1) is 11.7 Å². The second-order valence-electron chi connectivity index (χ2n) is 3.54. The number of carbonyl (C=O) groups is 1. The number of halogens is 1. The average Bonchev–Trinajstić information content (AvgIpc) is 2.14. The highest BCUT2D eigenvalue weighted by Crippen LogP contribution is 2.17. The van der Waals surface area contributed by atoms with Crippen molar-refractivity contribution >= 4 is 21.8 Å².